The number of aliphatic hydroxyl groups excluding tert-OH is 1. The second kappa shape index (κ2) is 6.66. The molecule has 1 atom stereocenters. The van der Waals surface area contributed by atoms with Crippen LogP contribution in [-0.4, -0.2) is 53.2 Å². The summed E-state index contributed by atoms with van der Waals surface area (Å²) in [5.74, 6) is 0.906. The smallest absolute Gasteiger partial charge is 0.125 e. The largest absolute Gasteiger partial charge is 0.487 e. The molecule has 0 aromatic heterocycles. The SMILES string of the molecule is CCN1CCC2(CC1)CC(O)c1cc(CN3CCCC3)ccc1O2. The number of piperidine rings is 1. The summed E-state index contributed by atoms with van der Waals surface area (Å²) in [6.07, 6.45) is 5.02. The Bertz CT molecular complexity index is 575. The second-order valence-corrected chi connectivity index (χ2v) is 7.79. The minimum absolute atomic E-state index is 0.158. The van der Waals surface area contributed by atoms with E-state index >= 15 is 0 Å². The standard InChI is InChI=1S/C20H30N2O2/c1-2-21-11-7-20(8-12-21)14-18(23)17-13-16(5-6-19(17)24-20)15-22-9-3-4-10-22/h5-6,13,18,23H,2-4,7-12,14-15H2,1H3. The van der Waals surface area contributed by atoms with Crippen LogP contribution in [0.2, 0.25) is 0 Å². The van der Waals surface area contributed by atoms with Gasteiger partial charge < -0.3 is 14.7 Å². The number of nitrogens with zero attached hydrogens (tertiary/aromatic N) is 2. The lowest BCUT2D eigenvalue weighted by molar-refractivity contribution is -0.0531. The predicted octanol–water partition coefficient (Wildman–Crippen LogP) is 2.95. The number of fused-ring (bicyclic) bond motifs is 1. The highest BCUT2D eigenvalue weighted by Gasteiger charge is 2.42. The van der Waals surface area contributed by atoms with E-state index in [4.69, 9.17) is 4.74 Å². The van der Waals surface area contributed by atoms with E-state index in [1.807, 2.05) is 0 Å². The summed E-state index contributed by atoms with van der Waals surface area (Å²) in [7, 11) is 0. The van der Waals surface area contributed by atoms with Gasteiger partial charge in [0, 0.05) is 31.6 Å². The molecule has 4 rings (SSSR count). The molecule has 2 saturated heterocycles. The second-order valence-electron chi connectivity index (χ2n) is 7.79. The summed E-state index contributed by atoms with van der Waals surface area (Å²) in [6, 6.07) is 6.45. The highest BCUT2D eigenvalue weighted by atomic mass is 16.5. The molecular formula is C20H30N2O2. The number of ether oxygens (including phenoxy) is 1. The van der Waals surface area contributed by atoms with E-state index < -0.39 is 0 Å². The van der Waals surface area contributed by atoms with Crippen molar-refractivity contribution in [1.82, 2.24) is 9.80 Å². The summed E-state index contributed by atoms with van der Waals surface area (Å²) in [5, 5.41) is 10.8. The van der Waals surface area contributed by atoms with Crippen LogP contribution in [0.15, 0.2) is 18.2 Å². The van der Waals surface area contributed by atoms with Crippen molar-refractivity contribution in [3.63, 3.8) is 0 Å². The summed E-state index contributed by atoms with van der Waals surface area (Å²) >= 11 is 0. The molecule has 3 aliphatic heterocycles. The highest BCUT2D eigenvalue weighted by Crippen LogP contribution is 2.44. The quantitative estimate of drug-likeness (QED) is 0.924. The molecule has 3 aliphatic rings. The Morgan fingerprint density at radius 2 is 1.88 bits per heavy atom. The van der Waals surface area contributed by atoms with Gasteiger partial charge in [0.1, 0.15) is 11.4 Å². The van der Waals surface area contributed by atoms with Crippen molar-refractivity contribution in [2.45, 2.75) is 57.3 Å². The lowest BCUT2D eigenvalue weighted by Crippen LogP contribution is -2.50. The molecule has 4 nitrogen and oxygen atoms in total. The van der Waals surface area contributed by atoms with Crippen molar-refractivity contribution in [1.29, 1.82) is 0 Å². The van der Waals surface area contributed by atoms with Gasteiger partial charge in [-0.3, -0.25) is 4.90 Å². The van der Waals surface area contributed by atoms with Gasteiger partial charge in [-0.25, -0.2) is 0 Å². The molecule has 0 saturated carbocycles. The minimum atomic E-state index is -0.388. The first-order valence-corrected chi connectivity index (χ1v) is 9.62. The summed E-state index contributed by atoms with van der Waals surface area (Å²) in [5.41, 5.74) is 2.14. The molecule has 3 heterocycles. The van der Waals surface area contributed by atoms with Crippen molar-refractivity contribution < 1.29 is 9.84 Å². The number of aliphatic hydroxyl groups is 1. The lowest BCUT2D eigenvalue weighted by atomic mass is 9.81. The molecule has 0 bridgehead atoms. The topological polar surface area (TPSA) is 35.9 Å². The molecule has 1 spiro atoms. The van der Waals surface area contributed by atoms with Gasteiger partial charge in [-0.1, -0.05) is 13.0 Å². The third-order valence-corrected chi connectivity index (χ3v) is 6.14. The Morgan fingerprint density at radius 1 is 1.12 bits per heavy atom. The molecule has 0 radical (unpaired) electrons. The van der Waals surface area contributed by atoms with Crippen molar-refractivity contribution in [3.05, 3.63) is 29.3 Å². The van der Waals surface area contributed by atoms with Gasteiger partial charge in [-0.2, -0.15) is 0 Å². The maximum atomic E-state index is 10.8. The fourth-order valence-corrected chi connectivity index (χ4v) is 4.57. The van der Waals surface area contributed by atoms with E-state index in [1.54, 1.807) is 0 Å². The van der Waals surface area contributed by atoms with Gasteiger partial charge in [0.25, 0.3) is 0 Å². The van der Waals surface area contributed by atoms with Crippen molar-refractivity contribution >= 4 is 0 Å². The van der Waals surface area contributed by atoms with E-state index in [0.717, 1.165) is 56.8 Å². The normalized spacial score (nSPS) is 27.2. The molecule has 132 valence electrons. The Kier molecular flexibility index (Phi) is 4.54. The van der Waals surface area contributed by atoms with Crippen LogP contribution < -0.4 is 4.74 Å². The van der Waals surface area contributed by atoms with E-state index in [9.17, 15) is 5.11 Å². The van der Waals surface area contributed by atoms with Crippen LogP contribution in [0.3, 0.4) is 0 Å². The average molecular weight is 330 g/mol. The molecule has 24 heavy (non-hydrogen) atoms. The average Bonchev–Trinajstić information content (AvgIpc) is 3.09. The molecule has 0 aliphatic carbocycles. The van der Waals surface area contributed by atoms with E-state index in [0.29, 0.717) is 0 Å². The van der Waals surface area contributed by atoms with Crippen LogP contribution in [0, 0.1) is 0 Å². The summed E-state index contributed by atoms with van der Waals surface area (Å²) < 4.78 is 6.45. The summed E-state index contributed by atoms with van der Waals surface area (Å²) in [4.78, 5) is 4.97. The first-order chi connectivity index (χ1) is 11.7. The lowest BCUT2D eigenvalue weighted by Gasteiger charge is -2.46. The number of benzene rings is 1. The van der Waals surface area contributed by atoms with Crippen molar-refractivity contribution in [3.8, 4) is 5.75 Å². The first kappa shape index (κ1) is 16.4. The van der Waals surface area contributed by atoms with Gasteiger partial charge in [0.05, 0.1) is 6.10 Å². The van der Waals surface area contributed by atoms with Gasteiger partial charge in [0.2, 0.25) is 0 Å². The first-order valence-electron chi connectivity index (χ1n) is 9.62. The number of rotatable bonds is 3. The molecule has 1 aromatic rings. The molecule has 1 unspecified atom stereocenters. The molecule has 0 amide bonds. The summed E-state index contributed by atoms with van der Waals surface area (Å²) in [6.45, 7) is 8.87. The van der Waals surface area contributed by atoms with Crippen LogP contribution in [0.1, 0.15) is 56.3 Å². The van der Waals surface area contributed by atoms with Crippen LogP contribution in [-0.2, 0) is 6.54 Å². The molecule has 2 fully saturated rings. The Labute approximate surface area is 145 Å². The van der Waals surface area contributed by atoms with E-state index in [-0.39, 0.29) is 11.7 Å². The van der Waals surface area contributed by atoms with Crippen molar-refractivity contribution in [2.24, 2.45) is 0 Å². The van der Waals surface area contributed by atoms with Gasteiger partial charge in [-0.15, -0.1) is 0 Å². The van der Waals surface area contributed by atoms with Gasteiger partial charge in [-0.05, 0) is 63.0 Å². The third-order valence-electron chi connectivity index (χ3n) is 6.14. The minimum Gasteiger partial charge on any atom is -0.487 e. The zero-order valence-electron chi connectivity index (χ0n) is 14.8. The van der Waals surface area contributed by atoms with Gasteiger partial charge >= 0.3 is 0 Å². The zero-order chi connectivity index (χ0) is 16.6. The Hall–Kier alpha value is -1.10. The third kappa shape index (κ3) is 3.19. The monoisotopic (exact) mass is 330 g/mol. The van der Waals surface area contributed by atoms with Crippen LogP contribution >= 0.6 is 0 Å². The van der Waals surface area contributed by atoms with Crippen LogP contribution in [0.5, 0.6) is 5.75 Å². The fourth-order valence-electron chi connectivity index (χ4n) is 4.57. The maximum Gasteiger partial charge on any atom is 0.125 e. The highest BCUT2D eigenvalue weighted by molar-refractivity contribution is 5.41. The Balaban J connectivity index is 1.49. The molecule has 1 N–H and O–H groups in total. The van der Waals surface area contributed by atoms with Crippen LogP contribution in [0.4, 0.5) is 0 Å². The van der Waals surface area contributed by atoms with E-state index in [1.165, 1.54) is 31.5 Å². The maximum absolute atomic E-state index is 10.8. The van der Waals surface area contributed by atoms with Gasteiger partial charge in [0.15, 0.2) is 0 Å². The number of hydrogen-bond acceptors (Lipinski definition) is 4. The van der Waals surface area contributed by atoms with E-state index in [2.05, 4.69) is 34.9 Å². The molecule has 1 aromatic carbocycles. The predicted molar refractivity (Wildman–Crippen MR) is 95.2 cm³/mol. The molecular weight excluding hydrogens is 300 g/mol. The fraction of sp³-hybridized carbons (Fsp3) is 0.700. The number of likely N-dealkylation sites (tertiary alicyclic amines) is 2. The molecule has 4 heteroatoms. The van der Waals surface area contributed by atoms with Crippen LogP contribution in [0.25, 0.3) is 0 Å². The zero-order valence-corrected chi connectivity index (χ0v) is 14.8. The number of hydrogen-bond donors (Lipinski definition) is 1. The van der Waals surface area contributed by atoms with Crippen molar-refractivity contribution in [2.75, 3.05) is 32.7 Å². The Morgan fingerprint density at radius 3 is 2.58 bits per heavy atom.